The first-order valence-electron chi connectivity index (χ1n) is 11.3. The van der Waals surface area contributed by atoms with E-state index in [0.717, 1.165) is 53.9 Å². The van der Waals surface area contributed by atoms with E-state index in [1.807, 2.05) is 36.4 Å². The number of halogens is 1. The first-order chi connectivity index (χ1) is 16.5. The molecule has 2 aromatic carbocycles. The van der Waals surface area contributed by atoms with Crippen LogP contribution < -0.4 is 9.64 Å². The lowest BCUT2D eigenvalue weighted by Crippen LogP contribution is -2.34. The standard InChI is InChI=1S/C26H25FN4O3/c1-34-19-4-6-22-23(14-19)30-26(29-22)20-5-2-17(13-21(20)27)18-3-7-24(28-15-18)31-10-8-16(9-11-31)12-25(32)33/h2-7,13-16H,8-12H2,1H3,(H,29,30)(H,32,33). The van der Waals surface area contributed by atoms with Crippen molar-refractivity contribution in [3.05, 3.63) is 60.5 Å². The Morgan fingerprint density at radius 1 is 1.15 bits per heavy atom. The molecule has 5 rings (SSSR count). The molecule has 0 saturated carbocycles. The lowest BCUT2D eigenvalue weighted by molar-refractivity contribution is -0.138. The maximum Gasteiger partial charge on any atom is 0.303 e. The number of rotatable bonds is 6. The predicted octanol–water partition coefficient (Wildman–Crippen LogP) is 5.13. The van der Waals surface area contributed by atoms with Gasteiger partial charge in [-0.2, -0.15) is 0 Å². The molecule has 7 nitrogen and oxygen atoms in total. The number of fused-ring (bicyclic) bond motifs is 1. The monoisotopic (exact) mass is 460 g/mol. The van der Waals surface area contributed by atoms with E-state index in [2.05, 4.69) is 19.9 Å². The summed E-state index contributed by atoms with van der Waals surface area (Å²) >= 11 is 0. The summed E-state index contributed by atoms with van der Waals surface area (Å²) in [5, 5.41) is 8.98. The van der Waals surface area contributed by atoms with Gasteiger partial charge in [-0.1, -0.05) is 6.07 Å². The van der Waals surface area contributed by atoms with E-state index in [0.29, 0.717) is 17.1 Å². The van der Waals surface area contributed by atoms with Crippen molar-refractivity contribution in [2.45, 2.75) is 19.3 Å². The SMILES string of the molecule is COc1ccc2nc(-c3ccc(-c4ccc(N5CCC(CC(=O)O)CC5)nc4)cc3F)[nH]c2c1. The quantitative estimate of drug-likeness (QED) is 0.415. The van der Waals surface area contributed by atoms with Crippen LogP contribution in [0.2, 0.25) is 0 Å². The molecule has 0 unspecified atom stereocenters. The second kappa shape index (κ2) is 9.13. The number of pyridine rings is 1. The minimum atomic E-state index is -0.736. The number of hydrogen-bond donors (Lipinski definition) is 2. The van der Waals surface area contributed by atoms with E-state index in [9.17, 15) is 4.79 Å². The Labute approximate surface area is 196 Å². The molecule has 8 heteroatoms. The molecular formula is C26H25FN4O3. The number of methoxy groups -OCH3 is 1. The number of imidazole rings is 1. The van der Waals surface area contributed by atoms with Gasteiger partial charge in [-0.25, -0.2) is 14.4 Å². The van der Waals surface area contributed by atoms with Gasteiger partial charge in [0.25, 0.3) is 0 Å². The van der Waals surface area contributed by atoms with Gasteiger partial charge in [0.2, 0.25) is 0 Å². The molecule has 0 spiro atoms. The number of piperidine rings is 1. The smallest absolute Gasteiger partial charge is 0.303 e. The third kappa shape index (κ3) is 4.44. The topological polar surface area (TPSA) is 91.3 Å². The number of H-pyrrole nitrogens is 1. The molecule has 0 aliphatic carbocycles. The molecule has 2 aromatic heterocycles. The molecule has 174 valence electrons. The summed E-state index contributed by atoms with van der Waals surface area (Å²) in [6.07, 6.45) is 3.67. The fourth-order valence-corrected chi connectivity index (χ4v) is 4.49. The van der Waals surface area contributed by atoms with Crippen molar-refractivity contribution in [3.63, 3.8) is 0 Å². The Bertz CT molecular complexity index is 1330. The lowest BCUT2D eigenvalue weighted by atomic mass is 9.93. The van der Waals surface area contributed by atoms with Crippen LogP contribution in [0.3, 0.4) is 0 Å². The second-order valence-electron chi connectivity index (χ2n) is 8.60. The van der Waals surface area contributed by atoms with Crippen LogP contribution in [0, 0.1) is 11.7 Å². The Morgan fingerprint density at radius 3 is 2.62 bits per heavy atom. The normalized spacial score (nSPS) is 14.5. The summed E-state index contributed by atoms with van der Waals surface area (Å²) in [4.78, 5) is 25.3. The number of ether oxygens (including phenoxy) is 1. The zero-order chi connectivity index (χ0) is 23.7. The van der Waals surface area contributed by atoms with Crippen molar-refractivity contribution in [2.75, 3.05) is 25.1 Å². The molecule has 0 bridgehead atoms. The first kappa shape index (κ1) is 21.9. The molecule has 1 aliphatic rings. The van der Waals surface area contributed by atoms with E-state index in [-0.39, 0.29) is 18.2 Å². The second-order valence-corrected chi connectivity index (χ2v) is 8.60. The average Bonchev–Trinajstić information content (AvgIpc) is 3.27. The van der Waals surface area contributed by atoms with Crippen LogP contribution in [-0.4, -0.2) is 46.2 Å². The van der Waals surface area contributed by atoms with Crippen LogP contribution in [0.5, 0.6) is 5.75 Å². The van der Waals surface area contributed by atoms with Gasteiger partial charge in [-0.3, -0.25) is 4.79 Å². The first-order valence-corrected chi connectivity index (χ1v) is 11.3. The Kier molecular flexibility index (Phi) is 5.88. The Morgan fingerprint density at radius 2 is 1.94 bits per heavy atom. The molecule has 0 atom stereocenters. The van der Waals surface area contributed by atoms with Crippen LogP contribution >= 0.6 is 0 Å². The molecule has 34 heavy (non-hydrogen) atoms. The zero-order valence-electron chi connectivity index (χ0n) is 18.8. The summed E-state index contributed by atoms with van der Waals surface area (Å²) in [7, 11) is 1.60. The van der Waals surface area contributed by atoms with Gasteiger partial charge in [0.1, 0.15) is 23.2 Å². The zero-order valence-corrected chi connectivity index (χ0v) is 18.8. The summed E-state index contributed by atoms with van der Waals surface area (Å²) in [5.41, 5.74) is 3.48. The fourth-order valence-electron chi connectivity index (χ4n) is 4.49. The van der Waals surface area contributed by atoms with Gasteiger partial charge in [0.05, 0.1) is 23.7 Å². The third-order valence-electron chi connectivity index (χ3n) is 6.40. The van der Waals surface area contributed by atoms with Crippen LogP contribution in [0.1, 0.15) is 19.3 Å². The molecule has 0 radical (unpaired) electrons. The highest BCUT2D eigenvalue weighted by Crippen LogP contribution is 2.30. The number of carboxylic acid groups (broad SMARTS) is 1. The van der Waals surface area contributed by atoms with Crippen molar-refractivity contribution in [1.82, 2.24) is 15.0 Å². The molecule has 1 fully saturated rings. The van der Waals surface area contributed by atoms with Crippen molar-refractivity contribution >= 4 is 22.8 Å². The summed E-state index contributed by atoms with van der Waals surface area (Å²) in [5.74, 6) is 1.15. The molecule has 4 aromatic rings. The maximum atomic E-state index is 15.0. The van der Waals surface area contributed by atoms with Gasteiger partial charge in [0, 0.05) is 37.3 Å². The highest BCUT2D eigenvalue weighted by atomic mass is 19.1. The van der Waals surface area contributed by atoms with Crippen molar-refractivity contribution in [3.8, 4) is 28.3 Å². The van der Waals surface area contributed by atoms with Gasteiger partial charge >= 0.3 is 5.97 Å². The number of carboxylic acids is 1. The van der Waals surface area contributed by atoms with E-state index in [1.54, 1.807) is 19.4 Å². The lowest BCUT2D eigenvalue weighted by Gasteiger charge is -2.32. The van der Waals surface area contributed by atoms with Crippen LogP contribution in [-0.2, 0) is 4.79 Å². The number of hydrogen-bond acceptors (Lipinski definition) is 5. The molecular weight excluding hydrogens is 435 g/mol. The van der Waals surface area contributed by atoms with E-state index < -0.39 is 5.97 Å². The molecule has 2 N–H and O–H groups in total. The van der Waals surface area contributed by atoms with Gasteiger partial charge in [-0.05, 0) is 60.7 Å². The van der Waals surface area contributed by atoms with E-state index >= 15 is 4.39 Å². The van der Waals surface area contributed by atoms with Crippen LogP contribution in [0.4, 0.5) is 10.2 Å². The highest BCUT2D eigenvalue weighted by Gasteiger charge is 2.22. The number of aromatic amines is 1. The molecule has 0 amide bonds. The molecule has 1 saturated heterocycles. The number of nitrogens with zero attached hydrogens (tertiary/aromatic N) is 3. The predicted molar refractivity (Wildman–Crippen MR) is 128 cm³/mol. The number of carbonyl (C=O) groups is 1. The van der Waals surface area contributed by atoms with Crippen molar-refractivity contribution in [1.29, 1.82) is 0 Å². The minimum absolute atomic E-state index is 0.225. The van der Waals surface area contributed by atoms with E-state index in [4.69, 9.17) is 9.84 Å². The third-order valence-corrected chi connectivity index (χ3v) is 6.40. The number of aromatic nitrogens is 3. The molecule has 3 heterocycles. The number of benzene rings is 2. The Hall–Kier alpha value is -3.94. The van der Waals surface area contributed by atoms with Crippen molar-refractivity contribution in [2.24, 2.45) is 5.92 Å². The summed E-state index contributed by atoms with van der Waals surface area (Å²) in [6.45, 7) is 1.58. The van der Waals surface area contributed by atoms with Crippen LogP contribution in [0.25, 0.3) is 33.5 Å². The van der Waals surface area contributed by atoms with Crippen LogP contribution in [0.15, 0.2) is 54.7 Å². The number of nitrogens with one attached hydrogen (secondary N) is 1. The summed E-state index contributed by atoms with van der Waals surface area (Å²) < 4.78 is 20.3. The van der Waals surface area contributed by atoms with Crippen molar-refractivity contribution < 1.29 is 19.0 Å². The highest BCUT2D eigenvalue weighted by molar-refractivity contribution is 5.81. The minimum Gasteiger partial charge on any atom is -0.497 e. The summed E-state index contributed by atoms with van der Waals surface area (Å²) in [6, 6.07) is 14.4. The fraction of sp³-hybridized carbons (Fsp3) is 0.269. The Balaban J connectivity index is 1.31. The van der Waals surface area contributed by atoms with Gasteiger partial charge in [-0.15, -0.1) is 0 Å². The number of anilines is 1. The van der Waals surface area contributed by atoms with E-state index in [1.165, 1.54) is 6.07 Å². The number of aliphatic carboxylic acids is 1. The molecule has 1 aliphatic heterocycles. The maximum absolute atomic E-state index is 15.0. The van der Waals surface area contributed by atoms with Gasteiger partial charge in [0.15, 0.2) is 0 Å². The average molecular weight is 461 g/mol. The largest absolute Gasteiger partial charge is 0.497 e. The van der Waals surface area contributed by atoms with Gasteiger partial charge < -0.3 is 19.7 Å².